The lowest BCUT2D eigenvalue weighted by Crippen LogP contribution is -1.97. The molecule has 20 heavy (non-hydrogen) atoms. The minimum absolute atomic E-state index is 0.0106. The number of benzene rings is 2. The zero-order valence-corrected chi connectivity index (χ0v) is 12.0. The summed E-state index contributed by atoms with van der Waals surface area (Å²) < 4.78 is 15.8. The van der Waals surface area contributed by atoms with Crippen LogP contribution in [-0.2, 0) is 13.2 Å². The second-order valence-electron chi connectivity index (χ2n) is 5.27. The van der Waals surface area contributed by atoms with Crippen molar-refractivity contribution < 1.29 is 9.50 Å². The number of rotatable bonds is 2. The van der Waals surface area contributed by atoms with Crippen LogP contribution in [0.25, 0.3) is 21.8 Å². The minimum atomic E-state index is -0.223. The number of fused-ring (bicyclic) bond motifs is 3. The van der Waals surface area contributed by atoms with Gasteiger partial charge in [0, 0.05) is 22.8 Å². The van der Waals surface area contributed by atoms with Gasteiger partial charge in [-0.2, -0.15) is 0 Å². The van der Waals surface area contributed by atoms with E-state index in [4.69, 9.17) is 0 Å². The maximum Gasteiger partial charge on any atom is 0.123 e. The molecule has 1 N–H and O–H groups in total. The summed E-state index contributed by atoms with van der Waals surface area (Å²) in [5.74, 6) is -0.223. The Morgan fingerprint density at radius 3 is 2.60 bits per heavy atom. The first-order valence-electron chi connectivity index (χ1n) is 6.89. The molecule has 104 valence electrons. The average molecular weight is 271 g/mol. The second kappa shape index (κ2) is 4.60. The van der Waals surface area contributed by atoms with Gasteiger partial charge in [0.25, 0.3) is 0 Å². The monoisotopic (exact) mass is 271 g/mol. The molecule has 0 spiro atoms. The van der Waals surface area contributed by atoms with Crippen LogP contribution in [-0.4, -0.2) is 9.67 Å². The molecule has 1 aromatic heterocycles. The van der Waals surface area contributed by atoms with Crippen molar-refractivity contribution in [3.63, 3.8) is 0 Å². The maximum absolute atomic E-state index is 13.6. The van der Waals surface area contributed by atoms with Gasteiger partial charge in [-0.3, -0.25) is 0 Å². The van der Waals surface area contributed by atoms with Crippen molar-refractivity contribution in [1.82, 2.24) is 4.57 Å². The largest absolute Gasteiger partial charge is 0.392 e. The Hall–Kier alpha value is -1.87. The van der Waals surface area contributed by atoms with Crippen molar-refractivity contribution >= 4 is 21.8 Å². The first-order chi connectivity index (χ1) is 9.58. The molecule has 0 saturated carbocycles. The molecular weight excluding hydrogens is 253 g/mol. The van der Waals surface area contributed by atoms with Crippen LogP contribution in [0.2, 0.25) is 0 Å². The molecule has 3 rings (SSSR count). The zero-order chi connectivity index (χ0) is 14.4. The first kappa shape index (κ1) is 13.1. The molecule has 2 nitrogen and oxygen atoms in total. The lowest BCUT2D eigenvalue weighted by molar-refractivity contribution is 0.281. The normalized spacial score (nSPS) is 11.7. The van der Waals surface area contributed by atoms with Crippen LogP contribution >= 0.6 is 0 Å². The predicted molar refractivity (Wildman–Crippen MR) is 80.5 cm³/mol. The molecule has 0 unspecified atom stereocenters. The van der Waals surface area contributed by atoms with Crippen LogP contribution in [0.3, 0.4) is 0 Å². The summed E-state index contributed by atoms with van der Waals surface area (Å²) in [5.41, 5.74) is 5.26. The highest BCUT2D eigenvalue weighted by atomic mass is 19.1. The molecule has 0 radical (unpaired) electrons. The number of aliphatic hydroxyl groups excluding tert-OH is 1. The van der Waals surface area contributed by atoms with E-state index in [1.54, 1.807) is 6.07 Å². The van der Waals surface area contributed by atoms with Gasteiger partial charge in [-0.1, -0.05) is 6.07 Å². The molecule has 0 saturated heterocycles. The van der Waals surface area contributed by atoms with Crippen LogP contribution in [0.1, 0.15) is 23.6 Å². The highest BCUT2D eigenvalue weighted by Crippen LogP contribution is 2.35. The van der Waals surface area contributed by atoms with Crippen molar-refractivity contribution in [3.05, 3.63) is 46.8 Å². The lowest BCUT2D eigenvalue weighted by atomic mass is 9.99. The van der Waals surface area contributed by atoms with E-state index in [1.165, 1.54) is 6.07 Å². The lowest BCUT2D eigenvalue weighted by Gasteiger charge is -2.10. The Morgan fingerprint density at radius 2 is 1.95 bits per heavy atom. The van der Waals surface area contributed by atoms with E-state index >= 15 is 0 Å². The van der Waals surface area contributed by atoms with Gasteiger partial charge in [0.2, 0.25) is 0 Å². The Balaban J connectivity index is 2.62. The summed E-state index contributed by atoms with van der Waals surface area (Å²) in [4.78, 5) is 0. The average Bonchev–Trinajstić information content (AvgIpc) is 2.76. The molecule has 0 aliphatic rings. The van der Waals surface area contributed by atoms with E-state index in [2.05, 4.69) is 11.5 Å². The topological polar surface area (TPSA) is 25.2 Å². The van der Waals surface area contributed by atoms with Crippen LogP contribution < -0.4 is 0 Å². The Morgan fingerprint density at radius 1 is 1.20 bits per heavy atom. The number of aryl methyl sites for hydroxylation is 3. The summed E-state index contributed by atoms with van der Waals surface area (Å²) >= 11 is 0. The second-order valence-corrected chi connectivity index (χ2v) is 5.27. The van der Waals surface area contributed by atoms with Gasteiger partial charge in [-0.05, 0) is 55.7 Å². The fourth-order valence-corrected chi connectivity index (χ4v) is 3.21. The van der Waals surface area contributed by atoms with E-state index in [1.807, 2.05) is 26.0 Å². The number of nitrogens with zero attached hydrogens (tertiary/aromatic N) is 1. The van der Waals surface area contributed by atoms with Gasteiger partial charge in [0.1, 0.15) is 5.82 Å². The number of aromatic nitrogens is 1. The van der Waals surface area contributed by atoms with Crippen molar-refractivity contribution in [2.24, 2.45) is 0 Å². The highest BCUT2D eigenvalue weighted by molar-refractivity contribution is 6.11. The molecule has 0 atom stereocenters. The Bertz CT molecular complexity index is 817. The molecule has 0 bridgehead atoms. The quantitative estimate of drug-likeness (QED) is 0.747. The SMILES string of the molecule is CCn1c2ccc(F)cc2c2c(C)c(CO)cc(C)c21. The molecule has 3 heteroatoms. The van der Waals surface area contributed by atoms with E-state index in [9.17, 15) is 9.50 Å². The highest BCUT2D eigenvalue weighted by Gasteiger charge is 2.16. The molecule has 0 amide bonds. The van der Waals surface area contributed by atoms with Crippen LogP contribution in [0, 0.1) is 19.7 Å². The molecule has 0 aliphatic carbocycles. The minimum Gasteiger partial charge on any atom is -0.392 e. The fraction of sp³-hybridized carbons (Fsp3) is 0.294. The van der Waals surface area contributed by atoms with E-state index in [0.29, 0.717) is 0 Å². The van der Waals surface area contributed by atoms with Crippen LogP contribution in [0.5, 0.6) is 0 Å². The fourth-order valence-electron chi connectivity index (χ4n) is 3.21. The molecule has 0 fully saturated rings. The standard InChI is InChI=1S/C17H18FNO/c1-4-19-15-6-5-13(18)8-14(15)16-11(3)12(9-20)7-10(2)17(16)19/h5-8,20H,4,9H2,1-3H3. The van der Waals surface area contributed by atoms with E-state index in [-0.39, 0.29) is 12.4 Å². The summed E-state index contributed by atoms with van der Waals surface area (Å²) in [6.07, 6.45) is 0. The van der Waals surface area contributed by atoms with Crippen molar-refractivity contribution in [3.8, 4) is 0 Å². The molecule has 1 heterocycles. The third-order valence-corrected chi connectivity index (χ3v) is 4.13. The summed E-state index contributed by atoms with van der Waals surface area (Å²) in [5, 5.41) is 11.5. The third-order valence-electron chi connectivity index (χ3n) is 4.13. The summed E-state index contributed by atoms with van der Waals surface area (Å²) in [7, 11) is 0. The number of halogens is 1. The van der Waals surface area contributed by atoms with E-state index < -0.39 is 0 Å². The zero-order valence-electron chi connectivity index (χ0n) is 12.0. The van der Waals surface area contributed by atoms with Crippen LogP contribution in [0.15, 0.2) is 24.3 Å². The third kappa shape index (κ3) is 1.66. The number of hydrogen-bond donors (Lipinski definition) is 1. The van der Waals surface area contributed by atoms with E-state index in [0.717, 1.165) is 45.0 Å². The van der Waals surface area contributed by atoms with Gasteiger partial charge >= 0.3 is 0 Å². The van der Waals surface area contributed by atoms with Gasteiger partial charge < -0.3 is 9.67 Å². The molecule has 2 aromatic carbocycles. The smallest absolute Gasteiger partial charge is 0.123 e. The van der Waals surface area contributed by atoms with Gasteiger partial charge in [-0.25, -0.2) is 4.39 Å². The van der Waals surface area contributed by atoms with Crippen LogP contribution in [0.4, 0.5) is 4.39 Å². The van der Waals surface area contributed by atoms with Gasteiger partial charge in [0.05, 0.1) is 12.1 Å². The van der Waals surface area contributed by atoms with Crippen molar-refractivity contribution in [1.29, 1.82) is 0 Å². The van der Waals surface area contributed by atoms with Gasteiger partial charge in [-0.15, -0.1) is 0 Å². The first-order valence-corrected chi connectivity index (χ1v) is 6.89. The van der Waals surface area contributed by atoms with Gasteiger partial charge in [0.15, 0.2) is 0 Å². The Labute approximate surface area is 117 Å². The molecular formula is C17H18FNO. The summed E-state index contributed by atoms with van der Waals surface area (Å²) in [6, 6.07) is 6.97. The summed E-state index contributed by atoms with van der Waals surface area (Å²) in [6.45, 7) is 6.98. The number of hydrogen-bond acceptors (Lipinski definition) is 1. The molecule has 3 aromatic rings. The Kier molecular flexibility index (Phi) is 3.02. The maximum atomic E-state index is 13.6. The van der Waals surface area contributed by atoms with Crippen molar-refractivity contribution in [2.75, 3.05) is 0 Å². The molecule has 0 aliphatic heterocycles. The van der Waals surface area contributed by atoms with Crippen molar-refractivity contribution in [2.45, 2.75) is 33.9 Å². The number of aliphatic hydroxyl groups is 1. The predicted octanol–water partition coefficient (Wildman–Crippen LogP) is 4.06.